The number of carbonyl (C=O) groups excluding carboxylic acids is 1. The molecule has 0 saturated carbocycles. The SMILES string of the molecule is N#Cc1ccc(Br)cc1NC(=O)c1sccc1N. The van der Waals surface area contributed by atoms with Crippen molar-refractivity contribution in [3.63, 3.8) is 0 Å². The van der Waals surface area contributed by atoms with Gasteiger partial charge in [-0.1, -0.05) is 15.9 Å². The Morgan fingerprint density at radius 1 is 1.44 bits per heavy atom. The average Bonchev–Trinajstić information content (AvgIpc) is 2.76. The largest absolute Gasteiger partial charge is 0.397 e. The molecular weight excluding hydrogens is 314 g/mol. The highest BCUT2D eigenvalue weighted by Gasteiger charge is 2.13. The van der Waals surface area contributed by atoms with E-state index in [0.29, 0.717) is 21.8 Å². The van der Waals surface area contributed by atoms with Gasteiger partial charge in [0.1, 0.15) is 10.9 Å². The van der Waals surface area contributed by atoms with Gasteiger partial charge in [-0.3, -0.25) is 4.79 Å². The zero-order valence-electron chi connectivity index (χ0n) is 9.11. The Labute approximate surface area is 116 Å². The molecule has 2 rings (SSSR count). The lowest BCUT2D eigenvalue weighted by atomic mass is 10.2. The van der Waals surface area contributed by atoms with E-state index in [-0.39, 0.29) is 5.91 Å². The third kappa shape index (κ3) is 2.53. The highest BCUT2D eigenvalue weighted by atomic mass is 79.9. The van der Waals surface area contributed by atoms with E-state index in [1.54, 1.807) is 29.6 Å². The van der Waals surface area contributed by atoms with Crippen LogP contribution in [0.25, 0.3) is 0 Å². The number of carbonyl (C=O) groups is 1. The number of nitriles is 1. The van der Waals surface area contributed by atoms with Crippen molar-refractivity contribution in [2.24, 2.45) is 0 Å². The Bertz CT molecular complexity index is 645. The van der Waals surface area contributed by atoms with Crippen LogP contribution in [-0.4, -0.2) is 5.91 Å². The first kappa shape index (κ1) is 12.6. The van der Waals surface area contributed by atoms with Crippen molar-refractivity contribution in [1.82, 2.24) is 0 Å². The molecule has 0 aliphatic carbocycles. The van der Waals surface area contributed by atoms with Crippen molar-refractivity contribution >= 4 is 44.5 Å². The van der Waals surface area contributed by atoms with Gasteiger partial charge in [0, 0.05) is 4.47 Å². The van der Waals surface area contributed by atoms with Gasteiger partial charge in [0.2, 0.25) is 0 Å². The molecule has 1 heterocycles. The van der Waals surface area contributed by atoms with Crippen LogP contribution in [0.5, 0.6) is 0 Å². The summed E-state index contributed by atoms with van der Waals surface area (Å²) in [6.07, 6.45) is 0. The number of thiophene rings is 1. The molecule has 0 atom stereocenters. The monoisotopic (exact) mass is 321 g/mol. The highest BCUT2D eigenvalue weighted by molar-refractivity contribution is 9.10. The van der Waals surface area contributed by atoms with Crippen LogP contribution in [0.15, 0.2) is 34.1 Å². The lowest BCUT2D eigenvalue weighted by Crippen LogP contribution is -2.12. The number of hydrogen-bond donors (Lipinski definition) is 2. The number of rotatable bonds is 2. The number of nitrogen functional groups attached to an aromatic ring is 1. The molecule has 0 spiro atoms. The quantitative estimate of drug-likeness (QED) is 0.891. The minimum absolute atomic E-state index is 0.308. The highest BCUT2D eigenvalue weighted by Crippen LogP contribution is 2.24. The zero-order valence-corrected chi connectivity index (χ0v) is 11.5. The summed E-state index contributed by atoms with van der Waals surface area (Å²) in [4.78, 5) is 12.4. The Morgan fingerprint density at radius 2 is 2.22 bits per heavy atom. The Kier molecular flexibility index (Phi) is 3.65. The number of benzene rings is 1. The Hall–Kier alpha value is -1.84. The van der Waals surface area contributed by atoms with Crippen LogP contribution in [0.1, 0.15) is 15.2 Å². The number of amides is 1. The minimum Gasteiger partial charge on any atom is -0.397 e. The van der Waals surface area contributed by atoms with Crippen molar-refractivity contribution in [2.45, 2.75) is 0 Å². The van der Waals surface area contributed by atoms with Gasteiger partial charge in [0.15, 0.2) is 0 Å². The smallest absolute Gasteiger partial charge is 0.267 e. The molecule has 1 aromatic carbocycles. The Morgan fingerprint density at radius 3 is 2.83 bits per heavy atom. The lowest BCUT2D eigenvalue weighted by molar-refractivity contribution is 0.103. The predicted octanol–water partition coefficient (Wildman–Crippen LogP) is 3.22. The zero-order chi connectivity index (χ0) is 13.1. The molecule has 90 valence electrons. The molecule has 0 aliphatic heterocycles. The van der Waals surface area contributed by atoms with Crippen molar-refractivity contribution in [2.75, 3.05) is 11.1 Å². The van der Waals surface area contributed by atoms with Gasteiger partial charge in [0.25, 0.3) is 5.91 Å². The molecule has 0 fully saturated rings. The number of nitrogens with one attached hydrogen (secondary N) is 1. The average molecular weight is 322 g/mol. The summed E-state index contributed by atoms with van der Waals surface area (Å²) in [7, 11) is 0. The van der Waals surface area contributed by atoms with E-state index < -0.39 is 0 Å². The fraction of sp³-hybridized carbons (Fsp3) is 0. The van der Waals surface area contributed by atoms with Crippen LogP contribution in [0, 0.1) is 11.3 Å². The van der Waals surface area contributed by atoms with E-state index >= 15 is 0 Å². The molecule has 0 aliphatic rings. The summed E-state index contributed by atoms with van der Waals surface area (Å²) in [6, 6.07) is 8.76. The van der Waals surface area contributed by atoms with E-state index in [0.717, 1.165) is 4.47 Å². The molecular formula is C12H8BrN3OS. The first-order valence-corrected chi connectivity index (χ1v) is 6.63. The topological polar surface area (TPSA) is 78.9 Å². The van der Waals surface area contributed by atoms with Crippen LogP contribution in [0.4, 0.5) is 11.4 Å². The van der Waals surface area contributed by atoms with E-state index in [1.165, 1.54) is 11.3 Å². The maximum Gasteiger partial charge on any atom is 0.267 e. The molecule has 0 unspecified atom stereocenters. The number of nitrogens with zero attached hydrogens (tertiary/aromatic N) is 1. The normalized spacial score (nSPS) is 9.78. The number of hydrogen-bond acceptors (Lipinski definition) is 4. The van der Waals surface area contributed by atoms with Gasteiger partial charge < -0.3 is 11.1 Å². The van der Waals surface area contributed by atoms with Gasteiger partial charge in [0.05, 0.1) is 16.9 Å². The molecule has 1 amide bonds. The fourth-order valence-corrected chi connectivity index (χ4v) is 2.47. The summed E-state index contributed by atoms with van der Waals surface area (Å²) in [6.45, 7) is 0. The second-order valence-electron chi connectivity index (χ2n) is 3.46. The molecule has 2 aromatic rings. The maximum absolute atomic E-state index is 12.0. The molecule has 0 bridgehead atoms. The number of halogens is 1. The maximum atomic E-state index is 12.0. The van der Waals surface area contributed by atoms with Crippen LogP contribution < -0.4 is 11.1 Å². The summed E-state index contributed by atoms with van der Waals surface area (Å²) in [5, 5.41) is 13.4. The van der Waals surface area contributed by atoms with Gasteiger partial charge in [-0.05, 0) is 29.6 Å². The number of nitrogens with two attached hydrogens (primary N) is 1. The van der Waals surface area contributed by atoms with Crippen LogP contribution >= 0.6 is 27.3 Å². The predicted molar refractivity (Wildman–Crippen MR) is 75.5 cm³/mol. The summed E-state index contributed by atoms with van der Waals surface area (Å²) >= 11 is 4.56. The molecule has 6 heteroatoms. The summed E-state index contributed by atoms with van der Waals surface area (Å²) < 4.78 is 0.788. The van der Waals surface area contributed by atoms with Crippen molar-refractivity contribution < 1.29 is 4.79 Å². The molecule has 18 heavy (non-hydrogen) atoms. The van der Waals surface area contributed by atoms with E-state index in [9.17, 15) is 4.79 Å². The van der Waals surface area contributed by atoms with Gasteiger partial charge >= 0.3 is 0 Å². The van der Waals surface area contributed by atoms with Crippen molar-refractivity contribution in [3.8, 4) is 6.07 Å². The van der Waals surface area contributed by atoms with Gasteiger partial charge in [-0.25, -0.2) is 0 Å². The molecule has 4 nitrogen and oxygen atoms in total. The van der Waals surface area contributed by atoms with E-state index in [4.69, 9.17) is 11.0 Å². The molecule has 3 N–H and O–H groups in total. The van der Waals surface area contributed by atoms with E-state index in [1.807, 2.05) is 6.07 Å². The lowest BCUT2D eigenvalue weighted by Gasteiger charge is -2.06. The van der Waals surface area contributed by atoms with Crippen molar-refractivity contribution in [3.05, 3.63) is 44.6 Å². The van der Waals surface area contributed by atoms with Crippen LogP contribution in [0.3, 0.4) is 0 Å². The van der Waals surface area contributed by atoms with Gasteiger partial charge in [-0.2, -0.15) is 5.26 Å². The summed E-state index contributed by atoms with van der Waals surface area (Å²) in [5.41, 5.74) is 6.97. The third-order valence-corrected chi connectivity index (χ3v) is 3.67. The Balaban J connectivity index is 2.30. The molecule has 0 radical (unpaired) electrons. The third-order valence-electron chi connectivity index (χ3n) is 2.25. The molecule has 1 aromatic heterocycles. The van der Waals surface area contributed by atoms with Crippen LogP contribution in [-0.2, 0) is 0 Å². The minimum atomic E-state index is -0.308. The standard InChI is InChI=1S/C12H8BrN3OS/c13-8-2-1-7(6-14)10(5-8)16-12(17)11-9(15)3-4-18-11/h1-5H,15H2,(H,16,17). The van der Waals surface area contributed by atoms with Crippen LogP contribution in [0.2, 0.25) is 0 Å². The first-order valence-electron chi connectivity index (χ1n) is 4.96. The fourth-order valence-electron chi connectivity index (χ4n) is 1.40. The van der Waals surface area contributed by atoms with Gasteiger partial charge in [-0.15, -0.1) is 11.3 Å². The second kappa shape index (κ2) is 5.21. The molecule has 0 saturated heterocycles. The van der Waals surface area contributed by atoms with Crippen molar-refractivity contribution in [1.29, 1.82) is 5.26 Å². The first-order chi connectivity index (χ1) is 8.61. The number of anilines is 2. The summed E-state index contributed by atoms with van der Waals surface area (Å²) in [5.74, 6) is -0.308. The van der Waals surface area contributed by atoms with E-state index in [2.05, 4.69) is 21.2 Å². The second-order valence-corrected chi connectivity index (χ2v) is 5.29.